The minimum absolute atomic E-state index is 0.148. The molecule has 2 atom stereocenters. The first-order valence-electron chi connectivity index (χ1n) is 7.05. The SMILES string of the molecule is CCCC(C(=O)N[C@H](C(=O)O)c1ccccc1)C(C)C. The first-order valence-corrected chi connectivity index (χ1v) is 7.05. The summed E-state index contributed by atoms with van der Waals surface area (Å²) in [6, 6.07) is 7.79. The summed E-state index contributed by atoms with van der Waals surface area (Å²) in [5, 5.41) is 12.0. The van der Waals surface area contributed by atoms with Crippen LogP contribution in [0.1, 0.15) is 45.2 Å². The van der Waals surface area contributed by atoms with Crippen molar-refractivity contribution < 1.29 is 14.7 Å². The average Bonchev–Trinajstić information content (AvgIpc) is 2.42. The molecule has 4 heteroatoms. The van der Waals surface area contributed by atoms with Crippen LogP contribution in [-0.4, -0.2) is 17.0 Å². The molecule has 110 valence electrons. The zero-order chi connectivity index (χ0) is 15.1. The monoisotopic (exact) mass is 277 g/mol. The lowest BCUT2D eigenvalue weighted by atomic mass is 9.90. The highest BCUT2D eigenvalue weighted by atomic mass is 16.4. The van der Waals surface area contributed by atoms with Gasteiger partial charge in [0, 0.05) is 5.92 Å². The molecule has 20 heavy (non-hydrogen) atoms. The molecule has 0 radical (unpaired) electrons. The van der Waals surface area contributed by atoms with Crippen molar-refractivity contribution in [1.82, 2.24) is 5.32 Å². The number of benzene rings is 1. The summed E-state index contributed by atoms with van der Waals surface area (Å²) in [5.74, 6) is -1.17. The number of carboxylic acid groups (broad SMARTS) is 1. The minimum atomic E-state index is -1.04. The Morgan fingerprint density at radius 2 is 1.80 bits per heavy atom. The summed E-state index contributed by atoms with van der Waals surface area (Å²) >= 11 is 0. The lowest BCUT2D eigenvalue weighted by Crippen LogP contribution is -2.39. The molecule has 0 heterocycles. The van der Waals surface area contributed by atoms with Gasteiger partial charge in [0.05, 0.1) is 0 Å². The second-order valence-electron chi connectivity index (χ2n) is 5.33. The molecule has 0 spiro atoms. The topological polar surface area (TPSA) is 66.4 Å². The molecule has 0 aliphatic carbocycles. The van der Waals surface area contributed by atoms with Gasteiger partial charge in [-0.15, -0.1) is 0 Å². The molecule has 1 aromatic rings. The van der Waals surface area contributed by atoms with Crippen LogP contribution in [-0.2, 0) is 9.59 Å². The Labute approximate surface area is 120 Å². The number of carbonyl (C=O) groups excluding carboxylic acids is 1. The highest BCUT2D eigenvalue weighted by Gasteiger charge is 2.27. The molecule has 1 aromatic carbocycles. The van der Waals surface area contributed by atoms with E-state index >= 15 is 0 Å². The summed E-state index contributed by atoms with van der Waals surface area (Å²) in [5.41, 5.74) is 0.590. The molecule has 0 bridgehead atoms. The fourth-order valence-electron chi connectivity index (χ4n) is 2.26. The number of carbonyl (C=O) groups is 2. The van der Waals surface area contributed by atoms with Gasteiger partial charge in [0.1, 0.15) is 0 Å². The van der Waals surface area contributed by atoms with Gasteiger partial charge in [-0.2, -0.15) is 0 Å². The largest absolute Gasteiger partial charge is 0.479 e. The first kappa shape index (κ1) is 16.2. The van der Waals surface area contributed by atoms with Crippen molar-refractivity contribution in [2.24, 2.45) is 11.8 Å². The van der Waals surface area contributed by atoms with Gasteiger partial charge in [0.15, 0.2) is 6.04 Å². The number of carboxylic acids is 1. The molecule has 0 saturated heterocycles. The summed E-state index contributed by atoms with van der Waals surface area (Å²) in [6.45, 7) is 5.99. The number of hydrogen-bond acceptors (Lipinski definition) is 2. The predicted molar refractivity (Wildman–Crippen MR) is 78.2 cm³/mol. The maximum absolute atomic E-state index is 12.3. The first-order chi connectivity index (χ1) is 9.47. The van der Waals surface area contributed by atoms with Gasteiger partial charge in [0.25, 0.3) is 0 Å². The maximum Gasteiger partial charge on any atom is 0.330 e. The Morgan fingerprint density at radius 3 is 2.25 bits per heavy atom. The smallest absolute Gasteiger partial charge is 0.330 e. The zero-order valence-corrected chi connectivity index (χ0v) is 12.3. The normalized spacial score (nSPS) is 13.8. The van der Waals surface area contributed by atoms with Gasteiger partial charge in [-0.25, -0.2) is 4.79 Å². The van der Waals surface area contributed by atoms with E-state index in [2.05, 4.69) is 5.32 Å². The quantitative estimate of drug-likeness (QED) is 0.805. The zero-order valence-electron chi connectivity index (χ0n) is 12.3. The number of rotatable bonds is 7. The van der Waals surface area contributed by atoms with Crippen molar-refractivity contribution in [3.63, 3.8) is 0 Å². The van der Waals surface area contributed by atoms with Crippen LogP contribution >= 0.6 is 0 Å². The van der Waals surface area contributed by atoms with Crippen LogP contribution in [0.4, 0.5) is 0 Å². The van der Waals surface area contributed by atoms with Crippen LogP contribution in [0.2, 0.25) is 0 Å². The highest BCUT2D eigenvalue weighted by Crippen LogP contribution is 2.20. The van der Waals surface area contributed by atoms with Gasteiger partial charge >= 0.3 is 5.97 Å². The predicted octanol–water partition coefficient (Wildman–Crippen LogP) is 3.00. The fourth-order valence-corrected chi connectivity index (χ4v) is 2.26. The van der Waals surface area contributed by atoms with Crippen LogP contribution < -0.4 is 5.32 Å². The Morgan fingerprint density at radius 1 is 1.20 bits per heavy atom. The van der Waals surface area contributed by atoms with E-state index in [0.29, 0.717) is 5.56 Å². The molecule has 0 fully saturated rings. The molecule has 1 amide bonds. The second-order valence-corrected chi connectivity index (χ2v) is 5.33. The van der Waals surface area contributed by atoms with Crippen molar-refractivity contribution in [3.05, 3.63) is 35.9 Å². The standard InChI is InChI=1S/C16H23NO3/c1-4-8-13(11(2)3)15(18)17-14(16(19)20)12-9-6-5-7-10-12/h5-7,9-11,13-14H,4,8H2,1-3H3,(H,17,18)(H,19,20)/t13?,14-/m0/s1. The van der Waals surface area contributed by atoms with E-state index in [1.807, 2.05) is 26.8 Å². The van der Waals surface area contributed by atoms with Crippen LogP contribution in [0.15, 0.2) is 30.3 Å². The average molecular weight is 277 g/mol. The summed E-state index contributed by atoms with van der Waals surface area (Å²) in [6.07, 6.45) is 1.67. The van der Waals surface area contributed by atoms with Crippen LogP contribution in [0.5, 0.6) is 0 Å². The van der Waals surface area contributed by atoms with E-state index in [4.69, 9.17) is 0 Å². The van der Waals surface area contributed by atoms with Crippen molar-refractivity contribution in [2.75, 3.05) is 0 Å². The van der Waals surface area contributed by atoms with Gasteiger partial charge in [-0.1, -0.05) is 57.5 Å². The molecular weight excluding hydrogens is 254 g/mol. The van der Waals surface area contributed by atoms with Crippen molar-refractivity contribution >= 4 is 11.9 Å². The van der Waals surface area contributed by atoms with E-state index in [1.54, 1.807) is 24.3 Å². The van der Waals surface area contributed by atoms with E-state index in [1.165, 1.54) is 0 Å². The third kappa shape index (κ3) is 4.37. The Kier molecular flexibility index (Phi) is 6.22. The molecule has 0 aromatic heterocycles. The van der Waals surface area contributed by atoms with E-state index in [-0.39, 0.29) is 17.7 Å². The van der Waals surface area contributed by atoms with Gasteiger partial charge in [-0.05, 0) is 17.9 Å². The minimum Gasteiger partial charge on any atom is -0.479 e. The van der Waals surface area contributed by atoms with Gasteiger partial charge < -0.3 is 10.4 Å². The summed E-state index contributed by atoms with van der Waals surface area (Å²) in [4.78, 5) is 23.7. The Hall–Kier alpha value is -1.84. The lowest BCUT2D eigenvalue weighted by molar-refractivity contribution is -0.143. The number of aliphatic carboxylic acids is 1. The van der Waals surface area contributed by atoms with Crippen LogP contribution in [0.25, 0.3) is 0 Å². The molecule has 0 aliphatic heterocycles. The van der Waals surface area contributed by atoms with Crippen molar-refractivity contribution in [2.45, 2.75) is 39.7 Å². The van der Waals surface area contributed by atoms with Gasteiger partial charge in [0.2, 0.25) is 5.91 Å². The number of nitrogens with one attached hydrogen (secondary N) is 1. The molecule has 0 aliphatic rings. The fraction of sp³-hybridized carbons (Fsp3) is 0.500. The van der Waals surface area contributed by atoms with Crippen molar-refractivity contribution in [1.29, 1.82) is 0 Å². The molecule has 1 rings (SSSR count). The van der Waals surface area contributed by atoms with Crippen LogP contribution in [0, 0.1) is 11.8 Å². The third-order valence-electron chi connectivity index (χ3n) is 3.41. The van der Waals surface area contributed by atoms with E-state index in [0.717, 1.165) is 12.8 Å². The van der Waals surface area contributed by atoms with E-state index < -0.39 is 12.0 Å². The summed E-state index contributed by atoms with van der Waals surface area (Å²) < 4.78 is 0. The molecule has 0 saturated carbocycles. The Balaban J connectivity index is 2.86. The summed E-state index contributed by atoms with van der Waals surface area (Å²) in [7, 11) is 0. The lowest BCUT2D eigenvalue weighted by Gasteiger charge is -2.22. The third-order valence-corrected chi connectivity index (χ3v) is 3.41. The van der Waals surface area contributed by atoms with Crippen molar-refractivity contribution in [3.8, 4) is 0 Å². The molecule has 4 nitrogen and oxygen atoms in total. The van der Waals surface area contributed by atoms with E-state index in [9.17, 15) is 14.7 Å². The molecule has 1 unspecified atom stereocenters. The number of amides is 1. The molecule has 2 N–H and O–H groups in total. The Bertz CT molecular complexity index is 442. The van der Waals surface area contributed by atoms with Gasteiger partial charge in [-0.3, -0.25) is 4.79 Å². The molecular formula is C16H23NO3. The van der Waals surface area contributed by atoms with Crippen LogP contribution in [0.3, 0.4) is 0 Å². The highest BCUT2D eigenvalue weighted by molar-refractivity contribution is 5.85. The maximum atomic E-state index is 12.3. The second kappa shape index (κ2) is 7.68. The number of hydrogen-bond donors (Lipinski definition) is 2.